The quantitative estimate of drug-likeness (QED) is 0.539. The highest BCUT2D eigenvalue weighted by atomic mass is 32.2. The number of aromatic nitrogens is 2. The topological polar surface area (TPSA) is 111 Å². The van der Waals surface area contributed by atoms with Crippen molar-refractivity contribution in [2.45, 2.75) is 31.9 Å². The van der Waals surface area contributed by atoms with Gasteiger partial charge in [0, 0.05) is 30.0 Å². The van der Waals surface area contributed by atoms with Crippen molar-refractivity contribution in [1.29, 1.82) is 0 Å². The lowest BCUT2D eigenvalue weighted by atomic mass is 10.0. The van der Waals surface area contributed by atoms with E-state index in [0.29, 0.717) is 34.3 Å². The molecule has 176 valence electrons. The molecule has 1 aromatic heterocycles. The number of benzene rings is 2. The van der Waals surface area contributed by atoms with Crippen molar-refractivity contribution < 1.29 is 31.8 Å². The second-order valence-electron chi connectivity index (χ2n) is 8.30. The first-order valence-electron chi connectivity index (χ1n) is 10.3. The van der Waals surface area contributed by atoms with Gasteiger partial charge in [-0.2, -0.15) is 13.9 Å². The summed E-state index contributed by atoms with van der Waals surface area (Å²) in [5.41, 5.74) is 1.09. The van der Waals surface area contributed by atoms with Crippen molar-refractivity contribution >= 4 is 26.6 Å². The summed E-state index contributed by atoms with van der Waals surface area (Å²) >= 11 is 0. The third kappa shape index (κ3) is 4.98. The molecule has 2 N–H and O–H groups in total. The average molecular weight is 480 g/mol. The molecule has 0 unspecified atom stereocenters. The van der Waals surface area contributed by atoms with Gasteiger partial charge in [-0.1, -0.05) is 6.07 Å². The van der Waals surface area contributed by atoms with Gasteiger partial charge in [-0.3, -0.25) is 4.79 Å². The van der Waals surface area contributed by atoms with Crippen molar-refractivity contribution in [2.75, 3.05) is 18.1 Å². The van der Waals surface area contributed by atoms with Crippen molar-refractivity contribution in [2.24, 2.45) is 0 Å². The lowest BCUT2D eigenvalue weighted by Crippen LogP contribution is -2.46. The maximum absolute atomic E-state index is 12.9. The molecule has 1 atom stereocenters. The summed E-state index contributed by atoms with van der Waals surface area (Å²) in [6.45, 7) is -1.43. The number of sulfone groups is 1. The number of hydrogen-bond acceptors (Lipinski definition) is 6. The van der Waals surface area contributed by atoms with Gasteiger partial charge in [0.15, 0.2) is 9.84 Å². The molecule has 0 bridgehead atoms. The minimum atomic E-state index is -3.18. The lowest BCUT2D eigenvalue weighted by molar-refractivity contribution is -0.0498. The van der Waals surface area contributed by atoms with E-state index >= 15 is 0 Å². The van der Waals surface area contributed by atoms with Crippen LogP contribution in [0.4, 0.5) is 8.78 Å². The number of aliphatic hydroxyl groups is 1. The van der Waals surface area contributed by atoms with Crippen LogP contribution in [0.1, 0.15) is 29.4 Å². The van der Waals surface area contributed by atoms with Crippen LogP contribution in [-0.4, -0.2) is 59.5 Å². The molecule has 3 aromatic rings. The van der Waals surface area contributed by atoms with Crippen LogP contribution in [0.25, 0.3) is 16.6 Å². The Morgan fingerprint density at radius 1 is 1.30 bits per heavy atom. The van der Waals surface area contributed by atoms with Crippen LogP contribution in [0.2, 0.25) is 0 Å². The van der Waals surface area contributed by atoms with E-state index in [2.05, 4.69) is 15.2 Å². The highest BCUT2D eigenvalue weighted by molar-refractivity contribution is 7.91. The average Bonchev–Trinajstić information content (AvgIpc) is 3.23. The van der Waals surface area contributed by atoms with Gasteiger partial charge >= 0.3 is 6.61 Å². The van der Waals surface area contributed by atoms with Crippen molar-refractivity contribution in [1.82, 2.24) is 15.1 Å². The minimum Gasteiger partial charge on any atom is -0.435 e. The molecule has 1 amide bonds. The first-order chi connectivity index (χ1) is 15.6. The van der Waals surface area contributed by atoms with Crippen LogP contribution in [0.15, 0.2) is 42.5 Å². The second-order valence-corrected chi connectivity index (χ2v) is 10.5. The molecule has 4 rings (SSSR count). The van der Waals surface area contributed by atoms with E-state index in [4.69, 9.17) is 0 Å². The Labute approximate surface area is 189 Å². The van der Waals surface area contributed by atoms with Crippen LogP contribution in [0.3, 0.4) is 0 Å². The summed E-state index contributed by atoms with van der Waals surface area (Å²) in [7, 11) is -3.18. The highest BCUT2D eigenvalue weighted by Gasteiger charge is 2.39. The molecule has 8 nitrogen and oxygen atoms in total. The largest absolute Gasteiger partial charge is 0.435 e. The zero-order valence-electron chi connectivity index (χ0n) is 17.8. The Kier molecular flexibility index (Phi) is 6.10. The summed E-state index contributed by atoms with van der Waals surface area (Å²) in [6, 6.07) is 11.0. The van der Waals surface area contributed by atoms with Gasteiger partial charge in [0.05, 0.1) is 33.9 Å². The van der Waals surface area contributed by atoms with E-state index in [0.717, 1.165) is 0 Å². The molecule has 1 saturated heterocycles. The fraction of sp³-hybridized carbons (Fsp3) is 0.364. The van der Waals surface area contributed by atoms with Gasteiger partial charge in [-0.25, -0.2) is 13.1 Å². The number of alkyl halides is 2. The number of ether oxygens (including phenoxy) is 1. The van der Waals surface area contributed by atoms with Crippen molar-refractivity contribution in [3.8, 4) is 11.4 Å². The number of nitrogens with zero attached hydrogens (tertiary/aromatic N) is 2. The number of aliphatic hydroxyl groups excluding tert-OH is 1. The number of halogens is 2. The maximum atomic E-state index is 12.9. The zero-order valence-corrected chi connectivity index (χ0v) is 18.6. The first kappa shape index (κ1) is 23.1. The van der Waals surface area contributed by atoms with Gasteiger partial charge in [-0.15, -0.1) is 0 Å². The van der Waals surface area contributed by atoms with Crippen LogP contribution < -0.4 is 10.1 Å². The number of carbonyl (C=O) groups excluding carboxylic acids is 1. The van der Waals surface area contributed by atoms with Crippen LogP contribution in [-0.2, 0) is 16.3 Å². The number of hydrogen-bond donors (Lipinski definition) is 2. The fourth-order valence-corrected chi connectivity index (χ4v) is 6.15. The zero-order chi connectivity index (χ0) is 23.8. The van der Waals surface area contributed by atoms with Crippen molar-refractivity contribution in [3.05, 3.63) is 53.7 Å². The summed E-state index contributed by atoms with van der Waals surface area (Å²) in [5, 5.41) is 17.4. The molecular weight excluding hydrogens is 456 g/mol. The first-order valence-corrected chi connectivity index (χ1v) is 12.1. The summed E-state index contributed by atoms with van der Waals surface area (Å²) in [4.78, 5) is 12.9. The lowest BCUT2D eigenvalue weighted by Gasteiger charge is -2.23. The van der Waals surface area contributed by atoms with E-state index in [1.165, 1.54) is 16.8 Å². The van der Waals surface area contributed by atoms with Crippen LogP contribution >= 0.6 is 0 Å². The summed E-state index contributed by atoms with van der Waals surface area (Å²) < 4.78 is 54.9. The maximum Gasteiger partial charge on any atom is 0.387 e. The SMILES string of the molecule is C[C@]1(NC(=O)c2ccc3c(c2)c(CCO)nn3-c2cccc(OC(F)F)c2)CCS(=O)(=O)C1. The summed E-state index contributed by atoms with van der Waals surface area (Å²) in [5.74, 6) is -0.513. The van der Waals surface area contributed by atoms with Gasteiger partial charge < -0.3 is 15.2 Å². The van der Waals surface area contributed by atoms with E-state index < -0.39 is 27.9 Å². The van der Waals surface area contributed by atoms with E-state index in [-0.39, 0.29) is 30.3 Å². The standard InChI is InChI=1S/C22H23F2N3O5S/c1-22(8-10-33(30,31)13-22)25-20(29)14-5-6-19-17(11-14)18(7-9-28)26-27(19)15-3-2-4-16(12-15)32-21(23)24/h2-6,11-12,21,28H,7-10,13H2,1H3,(H,25,29)/t22-/m0/s1. The number of carbonyl (C=O) groups is 1. The Hall–Kier alpha value is -3.05. The monoisotopic (exact) mass is 479 g/mol. The van der Waals surface area contributed by atoms with E-state index in [9.17, 15) is 27.1 Å². The molecule has 33 heavy (non-hydrogen) atoms. The smallest absolute Gasteiger partial charge is 0.387 e. The molecule has 1 fully saturated rings. The highest BCUT2D eigenvalue weighted by Crippen LogP contribution is 2.28. The fourth-order valence-electron chi connectivity index (χ4n) is 4.06. The molecule has 1 aliphatic rings. The second kappa shape index (κ2) is 8.71. The molecule has 2 heterocycles. The van der Waals surface area contributed by atoms with Crippen molar-refractivity contribution in [3.63, 3.8) is 0 Å². The van der Waals surface area contributed by atoms with Crippen LogP contribution in [0.5, 0.6) is 5.75 Å². The number of fused-ring (bicyclic) bond motifs is 1. The predicted octanol–water partition coefficient (Wildman–Crippen LogP) is 2.47. The molecule has 0 radical (unpaired) electrons. The predicted molar refractivity (Wildman–Crippen MR) is 118 cm³/mol. The molecule has 0 spiro atoms. The van der Waals surface area contributed by atoms with Gasteiger partial charge in [0.2, 0.25) is 0 Å². The number of amides is 1. The Bertz CT molecular complexity index is 1310. The third-order valence-corrected chi connectivity index (χ3v) is 7.48. The van der Waals surface area contributed by atoms with E-state index in [1.807, 2.05) is 0 Å². The minimum absolute atomic E-state index is 0.0226. The molecule has 0 saturated carbocycles. The summed E-state index contributed by atoms with van der Waals surface area (Å²) in [6.07, 6.45) is 0.561. The molecular formula is C22H23F2N3O5S. The van der Waals surface area contributed by atoms with E-state index in [1.54, 1.807) is 37.3 Å². The molecule has 1 aliphatic heterocycles. The third-order valence-electron chi connectivity index (χ3n) is 5.57. The van der Waals surface area contributed by atoms with Gasteiger partial charge in [-0.05, 0) is 43.7 Å². The normalized spacial score (nSPS) is 19.8. The van der Waals surface area contributed by atoms with Crippen LogP contribution in [0, 0.1) is 0 Å². The number of rotatable bonds is 7. The molecule has 0 aliphatic carbocycles. The Morgan fingerprint density at radius 2 is 2.09 bits per heavy atom. The molecule has 2 aromatic carbocycles. The Balaban J connectivity index is 1.69. The molecule has 11 heteroatoms. The van der Waals surface area contributed by atoms with Gasteiger partial charge in [0.25, 0.3) is 5.91 Å². The number of nitrogens with one attached hydrogen (secondary N) is 1. The Morgan fingerprint density at radius 3 is 2.76 bits per heavy atom. The van der Waals surface area contributed by atoms with Gasteiger partial charge in [0.1, 0.15) is 5.75 Å².